The summed E-state index contributed by atoms with van der Waals surface area (Å²) in [6, 6.07) is 9.94. The van der Waals surface area contributed by atoms with Crippen molar-refractivity contribution in [3.8, 4) is 0 Å². The van der Waals surface area contributed by atoms with Crippen LogP contribution in [-0.4, -0.2) is 44.2 Å². The third-order valence-corrected chi connectivity index (χ3v) is 5.71. The van der Waals surface area contributed by atoms with E-state index in [1.165, 1.54) is 12.8 Å². The second kappa shape index (κ2) is 7.33. The van der Waals surface area contributed by atoms with Crippen LogP contribution in [0.5, 0.6) is 0 Å². The number of pyridine rings is 1. The minimum atomic E-state index is -0.000453. The molecule has 2 aliphatic rings. The summed E-state index contributed by atoms with van der Waals surface area (Å²) in [5, 5.41) is 7.52. The molecule has 1 saturated carbocycles. The number of carbonyl (C=O) groups is 1. The quantitative estimate of drug-likeness (QED) is 0.838. The Bertz CT molecular complexity index is 789. The number of hydrogen-bond donors (Lipinski definition) is 2. The van der Waals surface area contributed by atoms with Gasteiger partial charge in [0.15, 0.2) is 0 Å². The maximum absolute atomic E-state index is 13.0. The van der Waals surface area contributed by atoms with Crippen LogP contribution < -0.4 is 10.6 Å². The third kappa shape index (κ3) is 3.60. The maximum atomic E-state index is 13.0. The lowest BCUT2D eigenvalue weighted by molar-refractivity contribution is 0.0512. The fourth-order valence-electron chi connectivity index (χ4n) is 3.97. The largest absolute Gasteiger partial charge is 0.384 e. The van der Waals surface area contributed by atoms with E-state index in [1.807, 2.05) is 30.3 Å². The SMILES string of the molecule is COCC1(CNC(=O)c2cc(C3CC3)nc3ccccc23)CCNCC1. The molecule has 1 saturated heterocycles. The first kappa shape index (κ1) is 17.4. The van der Waals surface area contributed by atoms with Crippen LogP contribution in [0.4, 0.5) is 0 Å². The average molecular weight is 353 g/mol. The van der Waals surface area contributed by atoms with Crippen molar-refractivity contribution in [2.45, 2.75) is 31.6 Å². The number of para-hydroxylation sites is 1. The van der Waals surface area contributed by atoms with E-state index in [-0.39, 0.29) is 11.3 Å². The highest BCUT2D eigenvalue weighted by atomic mass is 16.5. The molecule has 5 heteroatoms. The average Bonchev–Trinajstić information content (AvgIpc) is 3.52. The Morgan fingerprint density at radius 2 is 2.08 bits per heavy atom. The molecule has 0 radical (unpaired) electrons. The minimum Gasteiger partial charge on any atom is -0.384 e. The van der Waals surface area contributed by atoms with Gasteiger partial charge < -0.3 is 15.4 Å². The van der Waals surface area contributed by atoms with Crippen LogP contribution in [0.3, 0.4) is 0 Å². The van der Waals surface area contributed by atoms with E-state index in [9.17, 15) is 4.79 Å². The Hall–Kier alpha value is -1.98. The monoisotopic (exact) mass is 353 g/mol. The van der Waals surface area contributed by atoms with Gasteiger partial charge >= 0.3 is 0 Å². The summed E-state index contributed by atoms with van der Waals surface area (Å²) >= 11 is 0. The molecule has 1 aromatic heterocycles. The van der Waals surface area contributed by atoms with Crippen LogP contribution in [0.1, 0.15) is 47.7 Å². The van der Waals surface area contributed by atoms with E-state index in [4.69, 9.17) is 9.72 Å². The maximum Gasteiger partial charge on any atom is 0.252 e. The molecular formula is C21H27N3O2. The lowest BCUT2D eigenvalue weighted by atomic mass is 9.79. The molecule has 0 bridgehead atoms. The molecule has 1 aromatic carbocycles. The molecule has 5 nitrogen and oxygen atoms in total. The highest BCUT2D eigenvalue weighted by Gasteiger charge is 2.33. The summed E-state index contributed by atoms with van der Waals surface area (Å²) in [5.41, 5.74) is 2.74. The first-order chi connectivity index (χ1) is 12.7. The van der Waals surface area contributed by atoms with Gasteiger partial charge in [-0.05, 0) is 50.9 Å². The summed E-state index contributed by atoms with van der Waals surface area (Å²) < 4.78 is 5.46. The molecule has 1 aliphatic heterocycles. The van der Waals surface area contributed by atoms with Crippen LogP contribution in [-0.2, 0) is 4.74 Å². The highest BCUT2D eigenvalue weighted by Crippen LogP contribution is 2.40. The lowest BCUT2D eigenvalue weighted by Crippen LogP contribution is -2.47. The molecular weight excluding hydrogens is 326 g/mol. The van der Waals surface area contributed by atoms with Gasteiger partial charge in [0, 0.05) is 36.1 Å². The molecule has 2 heterocycles. The van der Waals surface area contributed by atoms with Crippen molar-refractivity contribution in [3.05, 3.63) is 41.6 Å². The molecule has 2 N–H and O–H groups in total. The van der Waals surface area contributed by atoms with Gasteiger partial charge in [0.2, 0.25) is 0 Å². The number of amides is 1. The highest BCUT2D eigenvalue weighted by molar-refractivity contribution is 6.06. The number of piperidine rings is 1. The van der Waals surface area contributed by atoms with E-state index in [1.54, 1.807) is 7.11 Å². The Morgan fingerprint density at radius 3 is 2.81 bits per heavy atom. The number of hydrogen-bond acceptors (Lipinski definition) is 4. The third-order valence-electron chi connectivity index (χ3n) is 5.71. The summed E-state index contributed by atoms with van der Waals surface area (Å²) in [5.74, 6) is 0.523. The van der Waals surface area contributed by atoms with E-state index in [0.717, 1.165) is 48.1 Å². The van der Waals surface area contributed by atoms with Gasteiger partial charge in [0.1, 0.15) is 0 Å². The number of aromatic nitrogens is 1. The van der Waals surface area contributed by atoms with Gasteiger partial charge in [-0.2, -0.15) is 0 Å². The van der Waals surface area contributed by atoms with Gasteiger partial charge in [0.05, 0.1) is 17.7 Å². The van der Waals surface area contributed by atoms with Crippen LogP contribution in [0.2, 0.25) is 0 Å². The van der Waals surface area contributed by atoms with Crippen molar-refractivity contribution < 1.29 is 9.53 Å². The van der Waals surface area contributed by atoms with Gasteiger partial charge in [-0.25, -0.2) is 0 Å². The second-order valence-electron chi connectivity index (χ2n) is 7.75. The Kier molecular flexibility index (Phi) is 4.92. The molecule has 0 atom stereocenters. The number of nitrogens with zero attached hydrogens (tertiary/aromatic N) is 1. The normalized spacial score (nSPS) is 19.4. The summed E-state index contributed by atoms with van der Waals surface area (Å²) in [7, 11) is 1.74. The summed E-state index contributed by atoms with van der Waals surface area (Å²) in [6.45, 7) is 3.28. The van der Waals surface area contributed by atoms with Crippen molar-refractivity contribution >= 4 is 16.8 Å². The number of nitrogens with one attached hydrogen (secondary N) is 2. The summed E-state index contributed by atoms with van der Waals surface area (Å²) in [6.07, 6.45) is 4.39. The lowest BCUT2D eigenvalue weighted by Gasteiger charge is -2.37. The van der Waals surface area contributed by atoms with Crippen molar-refractivity contribution in [2.75, 3.05) is 33.4 Å². The van der Waals surface area contributed by atoms with Gasteiger partial charge in [-0.1, -0.05) is 18.2 Å². The van der Waals surface area contributed by atoms with Crippen LogP contribution in [0.15, 0.2) is 30.3 Å². The number of benzene rings is 1. The van der Waals surface area contributed by atoms with Crippen molar-refractivity contribution in [1.82, 2.24) is 15.6 Å². The predicted molar refractivity (Wildman–Crippen MR) is 102 cm³/mol. The number of fused-ring (bicyclic) bond motifs is 1. The standard InChI is InChI=1S/C21H27N3O2/c1-26-14-21(8-10-22-11-9-21)13-23-20(25)17-12-19(15-6-7-15)24-18-5-3-2-4-16(17)18/h2-5,12,15,22H,6-11,13-14H2,1H3,(H,23,25). The van der Waals surface area contributed by atoms with Crippen LogP contribution in [0, 0.1) is 5.41 Å². The van der Waals surface area contributed by atoms with Crippen LogP contribution in [0.25, 0.3) is 10.9 Å². The van der Waals surface area contributed by atoms with E-state index in [0.29, 0.717) is 19.1 Å². The topological polar surface area (TPSA) is 63.2 Å². The first-order valence-electron chi connectivity index (χ1n) is 9.58. The van der Waals surface area contributed by atoms with Crippen molar-refractivity contribution in [2.24, 2.45) is 5.41 Å². The zero-order chi connectivity index (χ0) is 18.0. The van der Waals surface area contributed by atoms with Crippen molar-refractivity contribution in [1.29, 1.82) is 0 Å². The van der Waals surface area contributed by atoms with Crippen LogP contribution >= 0.6 is 0 Å². The number of rotatable bonds is 6. The molecule has 2 fully saturated rings. The fourth-order valence-corrected chi connectivity index (χ4v) is 3.97. The molecule has 0 spiro atoms. The molecule has 138 valence electrons. The number of methoxy groups -OCH3 is 1. The predicted octanol–water partition coefficient (Wildman–Crippen LogP) is 2.86. The Morgan fingerprint density at radius 1 is 1.31 bits per heavy atom. The van der Waals surface area contributed by atoms with Gasteiger partial charge in [0.25, 0.3) is 5.91 Å². The van der Waals surface area contributed by atoms with Gasteiger partial charge in [-0.15, -0.1) is 0 Å². The molecule has 26 heavy (non-hydrogen) atoms. The van der Waals surface area contributed by atoms with Gasteiger partial charge in [-0.3, -0.25) is 9.78 Å². The molecule has 0 unspecified atom stereocenters. The molecule has 1 aliphatic carbocycles. The molecule has 4 rings (SSSR count). The second-order valence-corrected chi connectivity index (χ2v) is 7.75. The van der Waals surface area contributed by atoms with E-state index < -0.39 is 0 Å². The first-order valence-corrected chi connectivity index (χ1v) is 9.58. The number of carbonyl (C=O) groups excluding carboxylic acids is 1. The van der Waals surface area contributed by atoms with E-state index >= 15 is 0 Å². The molecule has 1 amide bonds. The fraction of sp³-hybridized carbons (Fsp3) is 0.524. The zero-order valence-corrected chi connectivity index (χ0v) is 15.4. The smallest absolute Gasteiger partial charge is 0.252 e. The number of ether oxygens (including phenoxy) is 1. The Balaban J connectivity index is 1.57. The minimum absolute atomic E-state index is 0.000453. The zero-order valence-electron chi connectivity index (χ0n) is 15.4. The Labute approximate surface area is 154 Å². The van der Waals surface area contributed by atoms with E-state index in [2.05, 4.69) is 10.6 Å². The molecule has 2 aromatic rings. The van der Waals surface area contributed by atoms with Crippen molar-refractivity contribution in [3.63, 3.8) is 0 Å². The summed E-state index contributed by atoms with van der Waals surface area (Å²) in [4.78, 5) is 17.8.